The van der Waals surface area contributed by atoms with Crippen molar-refractivity contribution in [3.05, 3.63) is 12.0 Å². The second kappa shape index (κ2) is 6.35. The Morgan fingerprint density at radius 2 is 2.29 bits per heavy atom. The Labute approximate surface area is 122 Å². The van der Waals surface area contributed by atoms with Crippen molar-refractivity contribution in [1.29, 1.82) is 0 Å². The SMILES string of the molecule is CC(=O)CN(CCN)C(=O)Cn1cnc2c1NCN=C2N. The molecular weight excluding hydrogens is 274 g/mol. The van der Waals surface area contributed by atoms with Crippen LogP contribution in [0.25, 0.3) is 0 Å². The topological polar surface area (TPSA) is 132 Å². The Morgan fingerprint density at radius 3 is 2.95 bits per heavy atom. The smallest absolute Gasteiger partial charge is 0.243 e. The molecule has 0 unspecified atom stereocenters. The van der Waals surface area contributed by atoms with Crippen LogP contribution in [0.15, 0.2) is 11.3 Å². The number of rotatable bonds is 6. The quantitative estimate of drug-likeness (QED) is 0.575. The normalized spacial score (nSPS) is 13.1. The summed E-state index contributed by atoms with van der Waals surface area (Å²) in [4.78, 5) is 33.1. The van der Waals surface area contributed by atoms with Gasteiger partial charge in [0, 0.05) is 13.1 Å². The largest absolute Gasteiger partial charge is 0.382 e. The summed E-state index contributed by atoms with van der Waals surface area (Å²) in [7, 11) is 0. The van der Waals surface area contributed by atoms with Crippen LogP contribution in [0.5, 0.6) is 0 Å². The van der Waals surface area contributed by atoms with Gasteiger partial charge in [0.1, 0.15) is 36.3 Å². The number of amides is 1. The van der Waals surface area contributed by atoms with Crippen molar-refractivity contribution >= 4 is 23.3 Å². The standard InChI is InChI=1S/C12H19N7O2/c1-8(20)4-18(3-2-13)9(21)5-19-7-17-10-11(14)15-6-16-12(10)19/h7,16H,2-6,13H2,1H3,(H2,14,15). The van der Waals surface area contributed by atoms with E-state index in [2.05, 4.69) is 15.3 Å². The maximum Gasteiger partial charge on any atom is 0.243 e. The second-order valence-corrected chi connectivity index (χ2v) is 4.75. The van der Waals surface area contributed by atoms with Crippen LogP contribution in [0.3, 0.4) is 0 Å². The van der Waals surface area contributed by atoms with Crippen LogP contribution in [0.2, 0.25) is 0 Å². The fourth-order valence-electron chi connectivity index (χ4n) is 2.11. The highest BCUT2D eigenvalue weighted by Gasteiger charge is 2.21. The predicted octanol–water partition coefficient (Wildman–Crippen LogP) is -1.65. The number of hydrogen-bond donors (Lipinski definition) is 3. The summed E-state index contributed by atoms with van der Waals surface area (Å²) in [6.45, 7) is 2.55. The van der Waals surface area contributed by atoms with Crippen molar-refractivity contribution in [2.75, 3.05) is 31.6 Å². The first-order valence-electron chi connectivity index (χ1n) is 6.59. The van der Waals surface area contributed by atoms with Crippen molar-refractivity contribution in [3.8, 4) is 0 Å². The van der Waals surface area contributed by atoms with Gasteiger partial charge in [-0.05, 0) is 6.92 Å². The molecule has 0 bridgehead atoms. The van der Waals surface area contributed by atoms with Gasteiger partial charge in [-0.15, -0.1) is 0 Å². The average Bonchev–Trinajstić information content (AvgIpc) is 2.82. The Morgan fingerprint density at radius 1 is 1.52 bits per heavy atom. The van der Waals surface area contributed by atoms with Gasteiger partial charge < -0.3 is 26.3 Å². The van der Waals surface area contributed by atoms with Gasteiger partial charge in [-0.1, -0.05) is 0 Å². The fourth-order valence-corrected chi connectivity index (χ4v) is 2.11. The molecule has 0 spiro atoms. The molecule has 0 radical (unpaired) electrons. The average molecular weight is 293 g/mol. The molecular formula is C12H19N7O2. The summed E-state index contributed by atoms with van der Waals surface area (Å²) < 4.78 is 1.66. The summed E-state index contributed by atoms with van der Waals surface area (Å²) in [5.74, 6) is 0.724. The van der Waals surface area contributed by atoms with E-state index in [1.54, 1.807) is 4.57 Å². The number of amidine groups is 1. The maximum absolute atomic E-state index is 12.3. The monoisotopic (exact) mass is 293 g/mol. The van der Waals surface area contributed by atoms with Crippen molar-refractivity contribution in [3.63, 3.8) is 0 Å². The van der Waals surface area contributed by atoms with Crippen LogP contribution in [-0.2, 0) is 16.1 Å². The van der Waals surface area contributed by atoms with Crippen LogP contribution in [0.1, 0.15) is 12.6 Å². The molecule has 9 nitrogen and oxygen atoms in total. The van der Waals surface area contributed by atoms with E-state index in [1.165, 1.54) is 18.2 Å². The van der Waals surface area contributed by atoms with Crippen LogP contribution in [-0.4, -0.2) is 58.3 Å². The third-order valence-electron chi connectivity index (χ3n) is 3.05. The third-order valence-corrected chi connectivity index (χ3v) is 3.05. The lowest BCUT2D eigenvalue weighted by Crippen LogP contribution is -2.40. The molecule has 0 aromatic carbocycles. The summed E-state index contributed by atoms with van der Waals surface area (Å²) >= 11 is 0. The molecule has 21 heavy (non-hydrogen) atoms. The fraction of sp³-hybridized carbons (Fsp3) is 0.500. The lowest BCUT2D eigenvalue weighted by atomic mass is 10.3. The summed E-state index contributed by atoms with van der Waals surface area (Å²) in [5, 5.41) is 3.03. The number of fused-ring (bicyclic) bond motifs is 1. The lowest BCUT2D eigenvalue weighted by Gasteiger charge is -2.22. The molecule has 1 amide bonds. The third kappa shape index (κ3) is 3.37. The highest BCUT2D eigenvalue weighted by molar-refractivity contribution is 6.01. The number of nitrogens with one attached hydrogen (secondary N) is 1. The van der Waals surface area contributed by atoms with Gasteiger partial charge in [0.2, 0.25) is 5.91 Å². The summed E-state index contributed by atoms with van der Waals surface area (Å²) in [5.41, 5.74) is 11.8. The molecule has 0 saturated heterocycles. The number of nitrogens with two attached hydrogens (primary N) is 2. The van der Waals surface area contributed by atoms with Crippen LogP contribution < -0.4 is 16.8 Å². The molecule has 9 heteroatoms. The number of aliphatic imine (C=N–C) groups is 1. The Hall–Kier alpha value is -2.42. The molecule has 1 aliphatic heterocycles. The summed E-state index contributed by atoms with van der Waals surface area (Å²) in [6.07, 6.45) is 1.53. The molecule has 0 fully saturated rings. The molecule has 1 aromatic heterocycles. The van der Waals surface area contributed by atoms with E-state index < -0.39 is 0 Å². The number of imidazole rings is 1. The zero-order valence-electron chi connectivity index (χ0n) is 11.9. The minimum Gasteiger partial charge on any atom is -0.382 e. The molecule has 0 saturated carbocycles. The van der Waals surface area contributed by atoms with E-state index >= 15 is 0 Å². The van der Waals surface area contributed by atoms with E-state index in [1.807, 2.05) is 0 Å². The molecule has 0 aliphatic carbocycles. The van der Waals surface area contributed by atoms with Crippen LogP contribution >= 0.6 is 0 Å². The number of Topliss-reactive ketones (excluding diaryl/α,β-unsaturated/α-hetero) is 1. The maximum atomic E-state index is 12.3. The van der Waals surface area contributed by atoms with Crippen LogP contribution in [0, 0.1) is 0 Å². The number of carbonyl (C=O) groups is 2. The predicted molar refractivity (Wildman–Crippen MR) is 77.8 cm³/mol. The Bertz CT molecular complexity index is 578. The first kappa shape index (κ1) is 15.0. The highest BCUT2D eigenvalue weighted by Crippen LogP contribution is 2.17. The second-order valence-electron chi connectivity index (χ2n) is 4.75. The van der Waals surface area contributed by atoms with E-state index in [-0.39, 0.29) is 24.8 Å². The van der Waals surface area contributed by atoms with Crippen molar-refractivity contribution in [2.45, 2.75) is 13.5 Å². The van der Waals surface area contributed by atoms with Gasteiger partial charge in [0.05, 0.1) is 12.9 Å². The van der Waals surface area contributed by atoms with E-state index in [9.17, 15) is 9.59 Å². The van der Waals surface area contributed by atoms with Gasteiger partial charge in [-0.25, -0.2) is 9.98 Å². The van der Waals surface area contributed by atoms with Crippen molar-refractivity contribution in [2.24, 2.45) is 16.5 Å². The van der Waals surface area contributed by atoms with Gasteiger partial charge in [-0.3, -0.25) is 9.59 Å². The number of ketones is 1. The number of carbonyl (C=O) groups excluding carboxylic acids is 2. The molecule has 1 aromatic rings. The minimum atomic E-state index is -0.196. The lowest BCUT2D eigenvalue weighted by molar-refractivity contribution is -0.135. The van der Waals surface area contributed by atoms with Gasteiger partial charge in [0.15, 0.2) is 0 Å². The molecule has 1 aliphatic rings. The van der Waals surface area contributed by atoms with Crippen molar-refractivity contribution in [1.82, 2.24) is 14.5 Å². The van der Waals surface area contributed by atoms with Crippen LogP contribution in [0.4, 0.5) is 5.82 Å². The number of anilines is 1. The minimum absolute atomic E-state index is 0.0595. The van der Waals surface area contributed by atoms with Crippen molar-refractivity contribution < 1.29 is 9.59 Å². The number of nitrogens with zero attached hydrogens (tertiary/aromatic N) is 4. The Balaban J connectivity index is 2.12. The van der Waals surface area contributed by atoms with E-state index in [0.29, 0.717) is 37.1 Å². The number of aromatic nitrogens is 2. The molecule has 0 atom stereocenters. The Kier molecular flexibility index (Phi) is 4.53. The zero-order valence-corrected chi connectivity index (χ0v) is 11.9. The first-order chi connectivity index (χ1) is 10.0. The highest BCUT2D eigenvalue weighted by atomic mass is 16.2. The van der Waals surface area contributed by atoms with Gasteiger partial charge in [0.25, 0.3) is 0 Å². The zero-order chi connectivity index (χ0) is 15.4. The molecule has 2 heterocycles. The first-order valence-corrected chi connectivity index (χ1v) is 6.59. The van der Waals surface area contributed by atoms with Gasteiger partial charge in [-0.2, -0.15) is 0 Å². The van der Waals surface area contributed by atoms with E-state index in [4.69, 9.17) is 11.5 Å². The molecule has 5 N–H and O–H groups in total. The number of hydrogen-bond acceptors (Lipinski definition) is 7. The summed E-state index contributed by atoms with van der Waals surface area (Å²) in [6, 6.07) is 0. The van der Waals surface area contributed by atoms with Gasteiger partial charge >= 0.3 is 0 Å². The molecule has 114 valence electrons. The molecule has 2 rings (SSSR count). The van der Waals surface area contributed by atoms with E-state index in [0.717, 1.165) is 0 Å².